The van der Waals surface area contributed by atoms with Crippen molar-refractivity contribution in [3.05, 3.63) is 24.3 Å². The minimum Gasteiger partial charge on any atom is -0.383 e. The number of morpholine rings is 1. The molecule has 1 atom stereocenters. The first-order chi connectivity index (χ1) is 9.33. The first kappa shape index (κ1) is 14.2. The smallest absolute Gasteiger partial charge is 0.0663 e. The number of rotatable bonds is 6. The highest BCUT2D eigenvalue weighted by molar-refractivity contribution is 5.55. The Labute approximate surface area is 115 Å². The lowest BCUT2D eigenvalue weighted by Gasteiger charge is -2.29. The number of hydrogen-bond donors (Lipinski definition) is 1. The van der Waals surface area contributed by atoms with Gasteiger partial charge in [-0.1, -0.05) is 6.92 Å². The molecule has 1 unspecified atom stereocenters. The summed E-state index contributed by atoms with van der Waals surface area (Å²) in [5.41, 5.74) is 2.43. The SMILES string of the molecule is CCC(COC)Nc1ccc(N2CCOCC2)cc1. The van der Waals surface area contributed by atoms with Gasteiger partial charge in [-0.3, -0.25) is 0 Å². The van der Waals surface area contributed by atoms with Crippen LogP contribution in [0.2, 0.25) is 0 Å². The van der Waals surface area contributed by atoms with Crippen molar-refractivity contribution in [3.63, 3.8) is 0 Å². The summed E-state index contributed by atoms with van der Waals surface area (Å²) in [5, 5.41) is 3.49. The molecule has 0 aliphatic carbocycles. The van der Waals surface area contributed by atoms with Gasteiger partial charge in [-0.15, -0.1) is 0 Å². The molecule has 1 heterocycles. The molecule has 4 heteroatoms. The summed E-state index contributed by atoms with van der Waals surface area (Å²) in [6.07, 6.45) is 1.05. The van der Waals surface area contributed by atoms with Crippen LogP contribution in [0, 0.1) is 0 Å². The van der Waals surface area contributed by atoms with Gasteiger partial charge in [-0.25, -0.2) is 0 Å². The van der Waals surface area contributed by atoms with Crippen molar-refractivity contribution in [2.24, 2.45) is 0 Å². The lowest BCUT2D eigenvalue weighted by atomic mass is 10.2. The molecule has 1 aliphatic rings. The van der Waals surface area contributed by atoms with E-state index in [1.165, 1.54) is 5.69 Å². The molecule has 0 amide bonds. The third-order valence-electron chi connectivity index (χ3n) is 3.47. The standard InChI is InChI=1S/C15H24N2O2/c1-3-13(12-18-2)16-14-4-6-15(7-5-14)17-8-10-19-11-9-17/h4-7,13,16H,3,8-12H2,1-2H3. The average Bonchev–Trinajstić information content (AvgIpc) is 2.48. The molecule has 0 bridgehead atoms. The molecule has 106 valence electrons. The molecule has 0 radical (unpaired) electrons. The van der Waals surface area contributed by atoms with E-state index in [2.05, 4.69) is 41.4 Å². The van der Waals surface area contributed by atoms with E-state index < -0.39 is 0 Å². The zero-order valence-corrected chi connectivity index (χ0v) is 11.9. The molecule has 19 heavy (non-hydrogen) atoms. The summed E-state index contributed by atoms with van der Waals surface area (Å²) in [4.78, 5) is 2.36. The van der Waals surface area contributed by atoms with E-state index in [1.807, 2.05) is 0 Å². The molecule has 2 rings (SSSR count). The van der Waals surface area contributed by atoms with E-state index in [-0.39, 0.29) is 0 Å². The fraction of sp³-hybridized carbons (Fsp3) is 0.600. The summed E-state index contributed by atoms with van der Waals surface area (Å²) in [7, 11) is 1.74. The van der Waals surface area contributed by atoms with E-state index in [0.717, 1.165) is 45.0 Å². The van der Waals surface area contributed by atoms with Gasteiger partial charge in [0.05, 0.1) is 19.8 Å². The predicted octanol–water partition coefficient (Wildman–Crippen LogP) is 2.36. The Balaban J connectivity index is 1.93. The molecule has 1 aliphatic heterocycles. The number of methoxy groups -OCH3 is 1. The van der Waals surface area contributed by atoms with Crippen LogP contribution in [0.3, 0.4) is 0 Å². The maximum absolute atomic E-state index is 5.37. The third-order valence-corrected chi connectivity index (χ3v) is 3.47. The van der Waals surface area contributed by atoms with E-state index in [4.69, 9.17) is 9.47 Å². The molecule has 0 spiro atoms. The fourth-order valence-corrected chi connectivity index (χ4v) is 2.29. The molecule has 4 nitrogen and oxygen atoms in total. The fourth-order valence-electron chi connectivity index (χ4n) is 2.29. The molecule has 1 fully saturated rings. The van der Waals surface area contributed by atoms with Crippen LogP contribution < -0.4 is 10.2 Å². The highest BCUT2D eigenvalue weighted by atomic mass is 16.5. The number of hydrogen-bond acceptors (Lipinski definition) is 4. The lowest BCUT2D eigenvalue weighted by molar-refractivity contribution is 0.122. The van der Waals surface area contributed by atoms with E-state index in [9.17, 15) is 0 Å². The second kappa shape index (κ2) is 7.36. The van der Waals surface area contributed by atoms with Crippen molar-refractivity contribution < 1.29 is 9.47 Å². The van der Waals surface area contributed by atoms with E-state index in [0.29, 0.717) is 6.04 Å². The van der Waals surface area contributed by atoms with Gasteiger partial charge < -0.3 is 19.7 Å². The number of ether oxygens (including phenoxy) is 2. The van der Waals surface area contributed by atoms with Crippen molar-refractivity contribution in [2.45, 2.75) is 19.4 Å². The molecule has 1 N–H and O–H groups in total. The summed E-state index contributed by atoms with van der Waals surface area (Å²) in [5.74, 6) is 0. The van der Waals surface area contributed by atoms with Crippen LogP contribution in [-0.4, -0.2) is 46.1 Å². The normalized spacial score (nSPS) is 17.3. The lowest BCUT2D eigenvalue weighted by Crippen LogP contribution is -2.36. The zero-order chi connectivity index (χ0) is 13.5. The second-order valence-electron chi connectivity index (χ2n) is 4.85. The first-order valence-electron chi connectivity index (χ1n) is 7.01. The number of nitrogens with zero attached hydrogens (tertiary/aromatic N) is 1. The minimum absolute atomic E-state index is 0.374. The van der Waals surface area contributed by atoms with Crippen LogP contribution in [0.5, 0.6) is 0 Å². The average molecular weight is 264 g/mol. The Hall–Kier alpha value is -1.26. The maximum Gasteiger partial charge on any atom is 0.0663 e. The van der Waals surface area contributed by atoms with Crippen molar-refractivity contribution in [1.29, 1.82) is 0 Å². The van der Waals surface area contributed by atoms with Crippen molar-refractivity contribution in [2.75, 3.05) is 50.2 Å². The number of anilines is 2. The molecule has 0 aromatic heterocycles. The van der Waals surface area contributed by atoms with Gasteiger partial charge in [-0.2, -0.15) is 0 Å². The van der Waals surface area contributed by atoms with Gasteiger partial charge >= 0.3 is 0 Å². The van der Waals surface area contributed by atoms with Crippen LogP contribution in [-0.2, 0) is 9.47 Å². The van der Waals surface area contributed by atoms with Crippen LogP contribution in [0.15, 0.2) is 24.3 Å². The molecular formula is C15H24N2O2. The largest absolute Gasteiger partial charge is 0.383 e. The quantitative estimate of drug-likeness (QED) is 0.855. The van der Waals surface area contributed by atoms with Crippen molar-refractivity contribution >= 4 is 11.4 Å². The summed E-state index contributed by atoms with van der Waals surface area (Å²) in [6.45, 7) is 6.51. The van der Waals surface area contributed by atoms with Crippen LogP contribution >= 0.6 is 0 Å². The minimum atomic E-state index is 0.374. The van der Waals surface area contributed by atoms with Crippen LogP contribution in [0.25, 0.3) is 0 Å². The molecule has 1 aromatic carbocycles. The second-order valence-corrected chi connectivity index (χ2v) is 4.85. The Bertz CT molecular complexity index is 361. The molecule has 1 aromatic rings. The van der Waals surface area contributed by atoms with Gasteiger partial charge in [0.25, 0.3) is 0 Å². The topological polar surface area (TPSA) is 33.7 Å². The summed E-state index contributed by atoms with van der Waals surface area (Å²) >= 11 is 0. The monoisotopic (exact) mass is 264 g/mol. The van der Waals surface area contributed by atoms with Crippen LogP contribution in [0.1, 0.15) is 13.3 Å². The zero-order valence-electron chi connectivity index (χ0n) is 11.9. The van der Waals surface area contributed by atoms with E-state index >= 15 is 0 Å². The Kier molecular flexibility index (Phi) is 5.48. The Morgan fingerprint density at radius 2 is 1.95 bits per heavy atom. The predicted molar refractivity (Wildman–Crippen MR) is 79.1 cm³/mol. The summed E-state index contributed by atoms with van der Waals surface area (Å²) in [6, 6.07) is 9.01. The highest BCUT2D eigenvalue weighted by Gasteiger charge is 2.11. The molecule has 0 saturated carbocycles. The summed E-state index contributed by atoms with van der Waals surface area (Å²) < 4.78 is 10.6. The van der Waals surface area contributed by atoms with Crippen molar-refractivity contribution in [1.82, 2.24) is 0 Å². The van der Waals surface area contributed by atoms with Crippen LogP contribution in [0.4, 0.5) is 11.4 Å². The highest BCUT2D eigenvalue weighted by Crippen LogP contribution is 2.19. The van der Waals surface area contributed by atoms with Gasteiger partial charge in [0.2, 0.25) is 0 Å². The third kappa shape index (κ3) is 4.11. The van der Waals surface area contributed by atoms with Crippen molar-refractivity contribution in [3.8, 4) is 0 Å². The number of benzene rings is 1. The number of nitrogens with one attached hydrogen (secondary N) is 1. The van der Waals surface area contributed by atoms with E-state index in [1.54, 1.807) is 7.11 Å². The molecule has 1 saturated heterocycles. The van der Waals surface area contributed by atoms with Gasteiger partial charge in [0, 0.05) is 37.6 Å². The van der Waals surface area contributed by atoms with Gasteiger partial charge in [-0.05, 0) is 30.7 Å². The maximum atomic E-state index is 5.37. The molecular weight excluding hydrogens is 240 g/mol. The van der Waals surface area contributed by atoms with Gasteiger partial charge in [0.1, 0.15) is 0 Å². The van der Waals surface area contributed by atoms with Gasteiger partial charge in [0.15, 0.2) is 0 Å². The Morgan fingerprint density at radius 3 is 2.53 bits per heavy atom. The Morgan fingerprint density at radius 1 is 1.26 bits per heavy atom. The first-order valence-corrected chi connectivity index (χ1v) is 7.01.